The summed E-state index contributed by atoms with van der Waals surface area (Å²) in [6, 6.07) is 0.518. The smallest absolute Gasteiger partial charge is 0.221 e. The maximum Gasteiger partial charge on any atom is 0.221 e. The van der Waals surface area contributed by atoms with Gasteiger partial charge in [-0.3, -0.25) is 4.79 Å². The molecule has 0 aromatic heterocycles. The zero-order valence-corrected chi connectivity index (χ0v) is 12.2. The van der Waals surface area contributed by atoms with E-state index in [0.717, 1.165) is 6.54 Å². The first-order valence-electron chi connectivity index (χ1n) is 6.89. The Balaban J connectivity index is 3.52. The van der Waals surface area contributed by atoms with Crippen molar-refractivity contribution in [3.05, 3.63) is 0 Å². The van der Waals surface area contributed by atoms with Gasteiger partial charge >= 0.3 is 0 Å². The summed E-state index contributed by atoms with van der Waals surface area (Å²) in [6.07, 6.45) is 5.61. The van der Waals surface area contributed by atoms with Gasteiger partial charge in [0, 0.05) is 24.5 Å². The van der Waals surface area contributed by atoms with Gasteiger partial charge in [-0.05, 0) is 34.1 Å². The molecule has 0 rings (SSSR count). The van der Waals surface area contributed by atoms with Crippen LogP contribution in [-0.4, -0.2) is 24.0 Å². The van der Waals surface area contributed by atoms with Crippen LogP contribution in [0.5, 0.6) is 0 Å². The molecule has 17 heavy (non-hydrogen) atoms. The van der Waals surface area contributed by atoms with Crippen LogP contribution in [0.1, 0.15) is 66.7 Å². The van der Waals surface area contributed by atoms with Crippen molar-refractivity contribution in [2.45, 2.75) is 78.3 Å². The molecule has 0 radical (unpaired) electrons. The predicted molar refractivity (Wildman–Crippen MR) is 74.1 cm³/mol. The SMILES string of the molecule is CCCCCC(C)NCCC(=O)NC(C)(C)C. The second-order valence-corrected chi connectivity index (χ2v) is 5.90. The molecule has 1 atom stereocenters. The van der Waals surface area contributed by atoms with Gasteiger partial charge in [-0.1, -0.05) is 26.2 Å². The Kier molecular flexibility index (Phi) is 8.23. The monoisotopic (exact) mass is 242 g/mol. The second kappa shape index (κ2) is 8.51. The molecular formula is C14H30N2O. The first-order chi connectivity index (χ1) is 7.85. The lowest BCUT2D eigenvalue weighted by molar-refractivity contribution is -0.122. The fraction of sp³-hybridized carbons (Fsp3) is 0.929. The molecule has 0 aliphatic carbocycles. The van der Waals surface area contributed by atoms with E-state index >= 15 is 0 Å². The molecule has 0 aliphatic heterocycles. The Morgan fingerprint density at radius 2 is 1.88 bits per heavy atom. The highest BCUT2D eigenvalue weighted by atomic mass is 16.1. The van der Waals surface area contributed by atoms with Crippen LogP contribution < -0.4 is 10.6 Å². The third kappa shape index (κ3) is 11.7. The zero-order valence-electron chi connectivity index (χ0n) is 12.2. The van der Waals surface area contributed by atoms with Crippen molar-refractivity contribution >= 4 is 5.91 Å². The normalized spacial score (nSPS) is 13.5. The number of hydrogen-bond donors (Lipinski definition) is 2. The van der Waals surface area contributed by atoms with E-state index in [0.29, 0.717) is 12.5 Å². The van der Waals surface area contributed by atoms with E-state index < -0.39 is 0 Å². The number of unbranched alkanes of at least 4 members (excludes halogenated alkanes) is 2. The molecule has 102 valence electrons. The highest BCUT2D eigenvalue weighted by Crippen LogP contribution is 2.03. The Labute approximate surface area is 107 Å². The van der Waals surface area contributed by atoms with Gasteiger partial charge in [0.2, 0.25) is 5.91 Å². The minimum absolute atomic E-state index is 0.121. The number of carbonyl (C=O) groups is 1. The second-order valence-electron chi connectivity index (χ2n) is 5.90. The predicted octanol–water partition coefficient (Wildman–Crippen LogP) is 2.85. The number of carbonyl (C=O) groups excluding carboxylic acids is 1. The van der Waals surface area contributed by atoms with Gasteiger partial charge in [0.25, 0.3) is 0 Å². The van der Waals surface area contributed by atoms with Crippen LogP contribution in [0.3, 0.4) is 0 Å². The van der Waals surface area contributed by atoms with E-state index in [1.165, 1.54) is 25.7 Å². The largest absolute Gasteiger partial charge is 0.351 e. The van der Waals surface area contributed by atoms with Crippen LogP contribution in [0.25, 0.3) is 0 Å². The van der Waals surface area contributed by atoms with Crippen LogP contribution >= 0.6 is 0 Å². The van der Waals surface area contributed by atoms with Crippen LogP contribution in [0.4, 0.5) is 0 Å². The number of nitrogens with one attached hydrogen (secondary N) is 2. The quantitative estimate of drug-likeness (QED) is 0.643. The van der Waals surface area contributed by atoms with Crippen LogP contribution in [0.2, 0.25) is 0 Å². The molecule has 1 amide bonds. The maximum absolute atomic E-state index is 11.5. The molecule has 0 spiro atoms. The average Bonchev–Trinajstić information content (AvgIpc) is 2.15. The van der Waals surface area contributed by atoms with Gasteiger partial charge in [0.05, 0.1) is 0 Å². The van der Waals surface area contributed by atoms with Crippen molar-refractivity contribution in [2.24, 2.45) is 0 Å². The van der Waals surface area contributed by atoms with Crippen LogP contribution in [0.15, 0.2) is 0 Å². The van der Waals surface area contributed by atoms with Crippen LogP contribution in [-0.2, 0) is 4.79 Å². The molecule has 0 heterocycles. The molecule has 0 aromatic rings. The van der Waals surface area contributed by atoms with Gasteiger partial charge in [-0.25, -0.2) is 0 Å². The van der Waals surface area contributed by atoms with Crippen molar-refractivity contribution in [3.63, 3.8) is 0 Å². The molecule has 0 aliphatic rings. The summed E-state index contributed by atoms with van der Waals surface area (Å²) >= 11 is 0. The third-order valence-corrected chi connectivity index (χ3v) is 2.60. The van der Waals surface area contributed by atoms with Crippen LogP contribution in [0, 0.1) is 0 Å². The summed E-state index contributed by atoms with van der Waals surface area (Å²) in [4.78, 5) is 11.5. The number of rotatable bonds is 8. The first-order valence-corrected chi connectivity index (χ1v) is 6.89. The molecular weight excluding hydrogens is 212 g/mol. The lowest BCUT2D eigenvalue weighted by Crippen LogP contribution is -2.42. The Bertz CT molecular complexity index is 209. The Hall–Kier alpha value is -0.570. The lowest BCUT2D eigenvalue weighted by atomic mass is 10.1. The van der Waals surface area contributed by atoms with E-state index in [1.54, 1.807) is 0 Å². The molecule has 3 nitrogen and oxygen atoms in total. The van der Waals surface area contributed by atoms with Crippen molar-refractivity contribution < 1.29 is 4.79 Å². The minimum atomic E-state index is -0.121. The summed E-state index contributed by atoms with van der Waals surface area (Å²) in [5.74, 6) is 0.130. The first kappa shape index (κ1) is 16.4. The van der Waals surface area contributed by atoms with Gasteiger partial charge < -0.3 is 10.6 Å². The van der Waals surface area contributed by atoms with Gasteiger partial charge in [-0.15, -0.1) is 0 Å². The summed E-state index contributed by atoms with van der Waals surface area (Å²) in [5, 5.41) is 6.36. The summed E-state index contributed by atoms with van der Waals surface area (Å²) in [7, 11) is 0. The van der Waals surface area contributed by atoms with Crippen molar-refractivity contribution in [1.82, 2.24) is 10.6 Å². The van der Waals surface area contributed by atoms with Gasteiger partial charge in [-0.2, -0.15) is 0 Å². The van der Waals surface area contributed by atoms with Crippen molar-refractivity contribution in [1.29, 1.82) is 0 Å². The highest BCUT2D eigenvalue weighted by molar-refractivity contribution is 5.76. The molecule has 1 unspecified atom stereocenters. The zero-order chi connectivity index (χ0) is 13.3. The summed E-state index contributed by atoms with van der Waals surface area (Å²) in [6.45, 7) is 11.2. The Morgan fingerprint density at radius 3 is 2.41 bits per heavy atom. The van der Waals surface area contributed by atoms with E-state index in [4.69, 9.17) is 0 Å². The number of hydrogen-bond acceptors (Lipinski definition) is 2. The van der Waals surface area contributed by atoms with E-state index in [2.05, 4.69) is 24.5 Å². The lowest BCUT2D eigenvalue weighted by Gasteiger charge is -2.21. The molecule has 0 bridgehead atoms. The molecule has 3 heteroatoms. The number of amides is 1. The van der Waals surface area contributed by atoms with E-state index in [1.807, 2.05) is 20.8 Å². The van der Waals surface area contributed by atoms with Crippen molar-refractivity contribution in [3.8, 4) is 0 Å². The van der Waals surface area contributed by atoms with Gasteiger partial charge in [0.15, 0.2) is 0 Å². The average molecular weight is 242 g/mol. The standard InChI is InChI=1S/C14H30N2O/c1-6-7-8-9-12(2)15-11-10-13(17)16-14(3,4)5/h12,15H,6-11H2,1-5H3,(H,16,17). The van der Waals surface area contributed by atoms with E-state index in [9.17, 15) is 4.79 Å². The molecule has 0 aromatic carbocycles. The Morgan fingerprint density at radius 1 is 1.24 bits per heavy atom. The fourth-order valence-corrected chi connectivity index (χ4v) is 1.72. The minimum Gasteiger partial charge on any atom is -0.351 e. The summed E-state index contributed by atoms with van der Waals surface area (Å²) in [5.41, 5.74) is -0.121. The maximum atomic E-state index is 11.5. The van der Waals surface area contributed by atoms with Gasteiger partial charge in [0.1, 0.15) is 0 Å². The topological polar surface area (TPSA) is 41.1 Å². The highest BCUT2D eigenvalue weighted by Gasteiger charge is 2.13. The molecule has 0 saturated carbocycles. The molecule has 0 fully saturated rings. The van der Waals surface area contributed by atoms with Crippen molar-refractivity contribution in [2.75, 3.05) is 6.54 Å². The summed E-state index contributed by atoms with van der Waals surface area (Å²) < 4.78 is 0. The fourth-order valence-electron chi connectivity index (χ4n) is 1.72. The van der Waals surface area contributed by atoms with E-state index in [-0.39, 0.29) is 11.4 Å². The molecule has 2 N–H and O–H groups in total. The third-order valence-electron chi connectivity index (χ3n) is 2.60. The molecule has 0 saturated heterocycles.